The molecule has 1 aliphatic heterocycles. The van der Waals surface area contributed by atoms with Crippen molar-refractivity contribution >= 4 is 28.0 Å². The molecule has 0 radical (unpaired) electrons. The fourth-order valence-corrected chi connectivity index (χ4v) is 2.82. The molecular weight excluding hydrogens is 326 g/mol. The summed E-state index contributed by atoms with van der Waals surface area (Å²) >= 11 is 3.46. The van der Waals surface area contributed by atoms with Gasteiger partial charge in [-0.1, -0.05) is 0 Å². The van der Waals surface area contributed by atoms with Gasteiger partial charge in [0.2, 0.25) is 0 Å². The van der Waals surface area contributed by atoms with Crippen LogP contribution < -0.4 is 15.2 Å². The molecule has 0 fully saturated rings. The van der Waals surface area contributed by atoms with Crippen LogP contribution >= 0.6 is 15.9 Å². The zero-order valence-electron chi connectivity index (χ0n) is 10.7. The third-order valence-corrected chi connectivity index (χ3v) is 3.80. The Balaban J connectivity index is 2.30. The number of nitrogens with zero attached hydrogens (tertiary/aromatic N) is 2. The summed E-state index contributed by atoms with van der Waals surface area (Å²) in [5.74, 6) is 1.49. The van der Waals surface area contributed by atoms with Crippen LogP contribution in [0.25, 0.3) is 11.1 Å². The van der Waals surface area contributed by atoms with E-state index in [1.54, 1.807) is 24.0 Å². The monoisotopic (exact) mass is 337 g/mol. The molecule has 0 amide bonds. The minimum atomic E-state index is 0.414. The minimum Gasteiger partial charge on any atom is -0.485 e. The third-order valence-electron chi connectivity index (χ3n) is 3.17. The number of hydrogen-bond acceptors (Lipinski definition) is 5. The molecule has 0 saturated carbocycles. The van der Waals surface area contributed by atoms with Gasteiger partial charge in [-0.2, -0.15) is 5.10 Å². The first-order chi connectivity index (χ1) is 9.63. The van der Waals surface area contributed by atoms with E-state index in [2.05, 4.69) is 21.0 Å². The van der Waals surface area contributed by atoms with Gasteiger partial charge in [-0.3, -0.25) is 9.48 Å². The van der Waals surface area contributed by atoms with Crippen molar-refractivity contribution in [2.75, 3.05) is 18.9 Å². The Labute approximate surface area is 123 Å². The number of anilines is 1. The predicted molar refractivity (Wildman–Crippen MR) is 77.1 cm³/mol. The molecule has 2 heterocycles. The molecule has 3 rings (SSSR count). The molecular formula is C13H12BrN3O3. The van der Waals surface area contributed by atoms with E-state index in [-0.39, 0.29) is 0 Å². The summed E-state index contributed by atoms with van der Waals surface area (Å²) < 4.78 is 13.5. The van der Waals surface area contributed by atoms with E-state index in [4.69, 9.17) is 15.2 Å². The lowest BCUT2D eigenvalue weighted by molar-refractivity contribution is 0.111. The van der Waals surface area contributed by atoms with Crippen molar-refractivity contribution in [3.8, 4) is 22.6 Å². The van der Waals surface area contributed by atoms with Crippen LogP contribution in [-0.2, 0) is 7.05 Å². The zero-order valence-corrected chi connectivity index (χ0v) is 12.3. The molecule has 0 spiro atoms. The minimum absolute atomic E-state index is 0.414. The topological polar surface area (TPSA) is 79.4 Å². The number of rotatable bonds is 2. The second kappa shape index (κ2) is 4.82. The maximum Gasteiger partial charge on any atom is 0.172 e. The van der Waals surface area contributed by atoms with Crippen LogP contribution in [0.1, 0.15) is 10.4 Å². The molecule has 1 aliphatic rings. The molecule has 0 saturated heterocycles. The Bertz CT molecular complexity index is 697. The van der Waals surface area contributed by atoms with Gasteiger partial charge in [0.25, 0.3) is 0 Å². The summed E-state index contributed by atoms with van der Waals surface area (Å²) in [6.45, 7) is 0.840. The van der Waals surface area contributed by atoms with Crippen LogP contribution in [0.3, 0.4) is 0 Å². The van der Waals surface area contributed by atoms with Gasteiger partial charge in [-0.15, -0.1) is 0 Å². The van der Waals surface area contributed by atoms with Crippen LogP contribution in [0.2, 0.25) is 0 Å². The van der Waals surface area contributed by atoms with Crippen LogP contribution in [0.4, 0.5) is 5.82 Å². The van der Waals surface area contributed by atoms with Crippen molar-refractivity contribution in [3.05, 3.63) is 22.3 Å². The molecule has 2 aromatic rings. The summed E-state index contributed by atoms with van der Waals surface area (Å²) in [5.41, 5.74) is 7.94. The van der Waals surface area contributed by atoms with Crippen molar-refractivity contribution in [3.63, 3.8) is 0 Å². The van der Waals surface area contributed by atoms with Crippen molar-refractivity contribution < 1.29 is 14.3 Å². The lowest BCUT2D eigenvalue weighted by atomic mass is 10.0. The van der Waals surface area contributed by atoms with Crippen LogP contribution in [0, 0.1) is 0 Å². The summed E-state index contributed by atoms with van der Waals surface area (Å²) in [6, 6.07) is 1.70. The second-order valence-corrected chi connectivity index (χ2v) is 5.22. The molecule has 1 aromatic heterocycles. The summed E-state index contributed by atoms with van der Waals surface area (Å²) in [7, 11) is 1.76. The number of halogens is 1. The molecule has 0 atom stereocenters. The molecule has 20 heavy (non-hydrogen) atoms. The number of aryl methyl sites for hydroxylation is 1. The quantitative estimate of drug-likeness (QED) is 0.848. The van der Waals surface area contributed by atoms with E-state index in [0.29, 0.717) is 40.6 Å². The number of fused-ring (bicyclic) bond motifs is 1. The van der Waals surface area contributed by atoms with Gasteiger partial charge in [0.05, 0.1) is 11.8 Å². The summed E-state index contributed by atoms with van der Waals surface area (Å²) in [4.78, 5) is 11.2. The van der Waals surface area contributed by atoms with Crippen molar-refractivity contribution in [1.29, 1.82) is 0 Å². The van der Waals surface area contributed by atoms with E-state index >= 15 is 0 Å². The molecule has 104 valence electrons. The maximum atomic E-state index is 11.2. The Morgan fingerprint density at radius 1 is 1.40 bits per heavy atom. The van der Waals surface area contributed by atoms with Crippen LogP contribution in [0.15, 0.2) is 16.7 Å². The molecule has 6 nitrogen and oxygen atoms in total. The van der Waals surface area contributed by atoms with E-state index < -0.39 is 0 Å². The second-order valence-electron chi connectivity index (χ2n) is 4.36. The summed E-state index contributed by atoms with van der Waals surface area (Å²) in [6.07, 6.45) is 2.41. The SMILES string of the molecule is Cn1ncc(-c2c(Br)cc(C=O)c3c2OCCO3)c1N. The van der Waals surface area contributed by atoms with Gasteiger partial charge < -0.3 is 15.2 Å². The molecule has 0 unspecified atom stereocenters. The number of carbonyl (C=O) groups excluding carboxylic acids is 1. The normalized spacial score (nSPS) is 13.3. The highest BCUT2D eigenvalue weighted by Crippen LogP contribution is 2.47. The highest BCUT2D eigenvalue weighted by molar-refractivity contribution is 9.10. The van der Waals surface area contributed by atoms with E-state index in [9.17, 15) is 4.79 Å². The Morgan fingerprint density at radius 2 is 2.10 bits per heavy atom. The average molecular weight is 338 g/mol. The first-order valence-electron chi connectivity index (χ1n) is 5.98. The molecule has 0 aliphatic carbocycles. The van der Waals surface area contributed by atoms with Gasteiger partial charge >= 0.3 is 0 Å². The molecule has 1 aromatic carbocycles. The Morgan fingerprint density at radius 3 is 2.70 bits per heavy atom. The number of aldehydes is 1. The molecule has 2 N–H and O–H groups in total. The largest absolute Gasteiger partial charge is 0.485 e. The van der Waals surface area contributed by atoms with Gasteiger partial charge in [-0.25, -0.2) is 0 Å². The average Bonchev–Trinajstić information content (AvgIpc) is 2.78. The molecule has 7 heteroatoms. The van der Waals surface area contributed by atoms with Crippen LogP contribution in [0.5, 0.6) is 11.5 Å². The van der Waals surface area contributed by atoms with Gasteiger partial charge in [-0.05, 0) is 22.0 Å². The smallest absolute Gasteiger partial charge is 0.172 e. The number of hydrogen-bond donors (Lipinski definition) is 1. The van der Waals surface area contributed by atoms with E-state index in [1.807, 2.05) is 0 Å². The Hall–Kier alpha value is -2.02. The van der Waals surface area contributed by atoms with Gasteiger partial charge in [0, 0.05) is 22.6 Å². The van der Waals surface area contributed by atoms with Crippen molar-refractivity contribution in [2.45, 2.75) is 0 Å². The number of nitrogen functional groups attached to an aromatic ring is 1. The lowest BCUT2D eigenvalue weighted by Crippen LogP contribution is -2.17. The van der Waals surface area contributed by atoms with Crippen molar-refractivity contribution in [2.24, 2.45) is 7.05 Å². The first kappa shape index (κ1) is 13.0. The molecule has 0 bridgehead atoms. The first-order valence-corrected chi connectivity index (χ1v) is 6.78. The number of aromatic nitrogens is 2. The van der Waals surface area contributed by atoms with Gasteiger partial charge in [0.15, 0.2) is 17.8 Å². The van der Waals surface area contributed by atoms with E-state index in [0.717, 1.165) is 17.4 Å². The zero-order chi connectivity index (χ0) is 14.3. The lowest BCUT2D eigenvalue weighted by Gasteiger charge is -2.23. The maximum absolute atomic E-state index is 11.2. The fourth-order valence-electron chi connectivity index (χ4n) is 2.18. The highest BCUT2D eigenvalue weighted by atomic mass is 79.9. The number of carbonyl (C=O) groups is 1. The van der Waals surface area contributed by atoms with Crippen LogP contribution in [-0.4, -0.2) is 29.3 Å². The predicted octanol–water partition coefficient (Wildman–Crippen LogP) is 2.02. The van der Waals surface area contributed by atoms with Crippen molar-refractivity contribution in [1.82, 2.24) is 9.78 Å². The number of nitrogens with two attached hydrogens (primary N) is 1. The van der Waals surface area contributed by atoms with E-state index in [1.165, 1.54) is 0 Å². The summed E-state index contributed by atoms with van der Waals surface area (Å²) in [5, 5.41) is 4.13. The fraction of sp³-hybridized carbons (Fsp3) is 0.231. The highest BCUT2D eigenvalue weighted by Gasteiger charge is 2.25. The Kier molecular flexibility index (Phi) is 3.13. The number of ether oxygens (including phenoxy) is 2. The number of benzene rings is 1. The third kappa shape index (κ3) is 1.85. The van der Waals surface area contributed by atoms with Gasteiger partial charge in [0.1, 0.15) is 19.0 Å². The standard InChI is InChI=1S/C13H12BrN3O3/c1-17-13(15)8(5-16-17)10-9(14)4-7(6-18)11-12(10)20-3-2-19-11/h4-6H,2-3,15H2,1H3.